The molecule has 0 aliphatic carbocycles. The Kier molecular flexibility index (Phi) is 7.85. The Morgan fingerprint density at radius 2 is 2.04 bits per heavy atom. The molecule has 130 valence electrons. The van der Waals surface area contributed by atoms with Crippen LogP contribution in [0, 0.1) is 5.41 Å². The minimum Gasteiger partial charge on any atom is -0.399 e. The minimum atomic E-state index is 0.229. The lowest BCUT2D eigenvalue weighted by Crippen LogP contribution is -2.42. The maximum atomic E-state index is 5.94. The number of nitrogens with one attached hydrogen (secondary N) is 3. The summed E-state index contributed by atoms with van der Waals surface area (Å²) in [6.45, 7) is 15.1. The van der Waals surface area contributed by atoms with Crippen LogP contribution in [-0.4, -0.2) is 26.4 Å². The molecule has 1 aromatic rings. The summed E-state index contributed by atoms with van der Waals surface area (Å²) in [6.07, 6.45) is 1.99. The second-order valence-corrected chi connectivity index (χ2v) is 6.90. The molecule has 0 unspecified atom stereocenters. The summed E-state index contributed by atoms with van der Waals surface area (Å²) in [5.74, 6) is 0. The second kappa shape index (κ2) is 9.37. The fourth-order valence-electron chi connectivity index (χ4n) is 2.55. The smallest absolute Gasteiger partial charge is 0.0400 e. The van der Waals surface area contributed by atoms with Crippen molar-refractivity contribution < 1.29 is 0 Å². The van der Waals surface area contributed by atoms with Crippen molar-refractivity contribution in [1.29, 1.82) is 0 Å². The Hall–Kier alpha value is -1.79. The highest BCUT2D eigenvalue weighted by Crippen LogP contribution is 2.27. The van der Waals surface area contributed by atoms with Crippen LogP contribution in [0.1, 0.15) is 39.7 Å². The van der Waals surface area contributed by atoms with Gasteiger partial charge in [-0.15, -0.1) is 0 Å². The van der Waals surface area contributed by atoms with Gasteiger partial charge in [-0.05, 0) is 42.0 Å². The zero-order chi connectivity index (χ0) is 17.3. The van der Waals surface area contributed by atoms with E-state index in [-0.39, 0.29) is 5.41 Å². The number of nitrogen functional groups attached to an aromatic ring is 1. The highest BCUT2D eigenvalue weighted by Gasteiger charge is 2.18. The van der Waals surface area contributed by atoms with E-state index in [1.54, 1.807) is 0 Å². The number of nitrogens with two attached hydrogens (primary N) is 1. The molecule has 6 nitrogen and oxygen atoms in total. The van der Waals surface area contributed by atoms with Gasteiger partial charge in [0.1, 0.15) is 0 Å². The van der Waals surface area contributed by atoms with Crippen LogP contribution in [0.5, 0.6) is 0 Å². The fraction of sp³-hybridized carbons (Fsp3) is 0.588. The van der Waals surface area contributed by atoms with Crippen molar-refractivity contribution in [3.05, 3.63) is 23.8 Å². The predicted octanol–water partition coefficient (Wildman–Crippen LogP) is 2.29. The van der Waals surface area contributed by atoms with Crippen LogP contribution in [0.15, 0.2) is 23.3 Å². The highest BCUT2D eigenvalue weighted by molar-refractivity contribution is 5.60. The molecule has 0 atom stereocenters. The van der Waals surface area contributed by atoms with Gasteiger partial charge in [0.15, 0.2) is 0 Å². The van der Waals surface area contributed by atoms with Gasteiger partial charge in [0.05, 0.1) is 0 Å². The van der Waals surface area contributed by atoms with Crippen molar-refractivity contribution >= 4 is 18.1 Å². The average Bonchev–Trinajstić information content (AvgIpc) is 2.48. The number of hydrogen-bond acceptors (Lipinski definition) is 6. The van der Waals surface area contributed by atoms with Crippen LogP contribution >= 0.6 is 0 Å². The first-order valence-electron chi connectivity index (χ1n) is 8.19. The van der Waals surface area contributed by atoms with Crippen LogP contribution < -0.4 is 27.1 Å². The fourth-order valence-corrected chi connectivity index (χ4v) is 2.55. The maximum Gasteiger partial charge on any atom is 0.0400 e. The van der Waals surface area contributed by atoms with E-state index in [0.29, 0.717) is 0 Å². The highest BCUT2D eigenvalue weighted by atomic mass is 15.7. The number of nitrogens with zero attached hydrogens (tertiary/aromatic N) is 2. The standard InChI is InChI=1S/C17H32N6/c1-6-14-12-15(18)8-9-16(14)23(13-17(2,3)4)11-7-10-20-22-21-19-5/h8-9,12,20-22H,5-7,10-11,13,18H2,1-4H3. The minimum absolute atomic E-state index is 0.229. The number of aryl methyl sites for hydroxylation is 1. The summed E-state index contributed by atoms with van der Waals surface area (Å²) in [5, 5.41) is 3.50. The molecule has 0 saturated heterocycles. The third-order valence-electron chi connectivity index (χ3n) is 3.44. The Balaban J connectivity index is 2.74. The second-order valence-electron chi connectivity index (χ2n) is 6.90. The van der Waals surface area contributed by atoms with Gasteiger partial charge >= 0.3 is 0 Å². The van der Waals surface area contributed by atoms with E-state index in [2.05, 4.69) is 73.0 Å². The molecule has 1 aromatic carbocycles. The molecule has 0 bridgehead atoms. The van der Waals surface area contributed by atoms with Crippen molar-refractivity contribution in [1.82, 2.24) is 16.5 Å². The Morgan fingerprint density at radius 3 is 2.65 bits per heavy atom. The van der Waals surface area contributed by atoms with Gasteiger partial charge in [-0.3, -0.25) is 0 Å². The monoisotopic (exact) mass is 320 g/mol. The normalized spacial score (nSPS) is 11.3. The number of hydrogen-bond donors (Lipinski definition) is 4. The molecule has 0 saturated carbocycles. The van der Waals surface area contributed by atoms with Crippen LogP contribution in [0.3, 0.4) is 0 Å². The van der Waals surface area contributed by atoms with Crippen LogP contribution in [0.25, 0.3) is 0 Å². The van der Waals surface area contributed by atoms with Crippen LogP contribution in [-0.2, 0) is 6.42 Å². The van der Waals surface area contributed by atoms with Crippen molar-refractivity contribution in [2.75, 3.05) is 30.3 Å². The molecule has 23 heavy (non-hydrogen) atoms. The van der Waals surface area contributed by atoms with Crippen molar-refractivity contribution in [3.8, 4) is 0 Å². The van der Waals surface area contributed by atoms with Gasteiger partial charge in [-0.1, -0.05) is 27.7 Å². The van der Waals surface area contributed by atoms with Crippen LogP contribution in [0.2, 0.25) is 0 Å². The van der Waals surface area contributed by atoms with Gasteiger partial charge in [-0.25, -0.2) is 11.0 Å². The Bertz CT molecular complexity index is 480. The maximum absolute atomic E-state index is 5.94. The molecule has 5 N–H and O–H groups in total. The topological polar surface area (TPSA) is 77.7 Å². The lowest BCUT2D eigenvalue weighted by Gasteiger charge is -2.33. The molecule has 0 aliphatic rings. The molecule has 0 spiro atoms. The number of hydrazine groups is 2. The molecule has 1 rings (SSSR count). The Morgan fingerprint density at radius 1 is 1.30 bits per heavy atom. The molecule has 0 heterocycles. The third kappa shape index (κ3) is 7.34. The number of benzene rings is 1. The van der Waals surface area contributed by atoms with E-state index in [9.17, 15) is 0 Å². The molecular formula is C17H32N6. The zero-order valence-corrected chi connectivity index (χ0v) is 14.9. The largest absolute Gasteiger partial charge is 0.399 e. The molecule has 0 fully saturated rings. The first-order chi connectivity index (χ1) is 10.9. The molecule has 0 radical (unpaired) electrons. The first-order valence-corrected chi connectivity index (χ1v) is 8.19. The SMILES string of the molecule is C=NNNNCCCN(CC(C)(C)C)c1ccc(N)cc1CC. The van der Waals surface area contributed by atoms with Crippen molar-refractivity contribution in [2.45, 2.75) is 40.5 Å². The molecule has 0 aliphatic heterocycles. The summed E-state index contributed by atoms with van der Waals surface area (Å²) < 4.78 is 0. The summed E-state index contributed by atoms with van der Waals surface area (Å²) in [5.41, 5.74) is 18.0. The Labute approximate surface area is 140 Å². The summed E-state index contributed by atoms with van der Waals surface area (Å²) >= 11 is 0. The quantitative estimate of drug-likeness (QED) is 0.230. The molecule has 6 heteroatoms. The number of hydrazone groups is 1. The van der Waals surface area contributed by atoms with Gasteiger partial charge in [0.2, 0.25) is 0 Å². The predicted molar refractivity (Wildman–Crippen MR) is 100 cm³/mol. The van der Waals surface area contributed by atoms with E-state index in [1.807, 2.05) is 6.07 Å². The average molecular weight is 320 g/mol. The molecular weight excluding hydrogens is 288 g/mol. The van der Waals surface area contributed by atoms with Crippen molar-refractivity contribution in [3.63, 3.8) is 0 Å². The van der Waals surface area contributed by atoms with Crippen molar-refractivity contribution in [2.24, 2.45) is 10.5 Å². The van der Waals surface area contributed by atoms with Crippen LogP contribution in [0.4, 0.5) is 11.4 Å². The third-order valence-corrected chi connectivity index (χ3v) is 3.44. The van der Waals surface area contributed by atoms with E-state index >= 15 is 0 Å². The summed E-state index contributed by atoms with van der Waals surface area (Å²) in [6, 6.07) is 6.23. The first kappa shape index (κ1) is 19.3. The number of anilines is 2. The van der Waals surface area contributed by atoms with Gasteiger partial charge in [-0.2, -0.15) is 10.6 Å². The summed E-state index contributed by atoms with van der Waals surface area (Å²) in [7, 11) is 0. The molecule has 0 aromatic heterocycles. The lowest BCUT2D eigenvalue weighted by molar-refractivity contribution is 0.401. The van der Waals surface area contributed by atoms with E-state index < -0.39 is 0 Å². The van der Waals surface area contributed by atoms with Gasteiger partial charge in [0.25, 0.3) is 0 Å². The zero-order valence-electron chi connectivity index (χ0n) is 14.9. The van der Waals surface area contributed by atoms with E-state index in [4.69, 9.17) is 5.73 Å². The van der Waals surface area contributed by atoms with Gasteiger partial charge < -0.3 is 10.6 Å². The number of rotatable bonds is 10. The lowest BCUT2D eigenvalue weighted by atomic mass is 9.95. The summed E-state index contributed by atoms with van der Waals surface area (Å²) in [4.78, 5) is 2.46. The van der Waals surface area contributed by atoms with Gasteiger partial charge in [0, 0.05) is 37.7 Å². The van der Waals surface area contributed by atoms with E-state index in [0.717, 1.165) is 38.2 Å². The van der Waals surface area contributed by atoms with E-state index in [1.165, 1.54) is 11.3 Å². The molecule has 0 amide bonds.